The summed E-state index contributed by atoms with van der Waals surface area (Å²) in [4.78, 5) is 21.5. The van der Waals surface area contributed by atoms with Crippen molar-refractivity contribution < 1.29 is 18.1 Å². The summed E-state index contributed by atoms with van der Waals surface area (Å²) in [6.45, 7) is 2.40. The van der Waals surface area contributed by atoms with Crippen LogP contribution in [0.2, 0.25) is 0 Å². The first-order chi connectivity index (χ1) is 12.5. The van der Waals surface area contributed by atoms with Crippen LogP contribution >= 0.6 is 36.2 Å². The number of amides is 1. The monoisotopic (exact) mass is 455 g/mol. The first-order valence-corrected chi connectivity index (χ1v) is 9.37. The summed E-state index contributed by atoms with van der Waals surface area (Å²) in [5.41, 5.74) is 0. The van der Waals surface area contributed by atoms with E-state index in [4.69, 9.17) is 4.52 Å². The van der Waals surface area contributed by atoms with Gasteiger partial charge in [-0.3, -0.25) is 15.0 Å². The maximum Gasteiger partial charge on any atom is 0.262 e. The molecule has 2 aromatic rings. The van der Waals surface area contributed by atoms with Crippen LogP contribution in [0.5, 0.6) is 0 Å². The molecule has 0 spiro atoms. The normalized spacial score (nSPS) is 21.8. The van der Waals surface area contributed by atoms with Gasteiger partial charge in [-0.2, -0.15) is 4.98 Å². The number of carbonyl (C=O) groups is 1. The molecule has 0 aliphatic carbocycles. The minimum atomic E-state index is -2.79. The number of rotatable bonds is 4. The van der Waals surface area contributed by atoms with Gasteiger partial charge in [0.2, 0.25) is 17.6 Å². The Morgan fingerprint density at radius 3 is 2.68 bits per heavy atom. The number of thiophene rings is 1. The lowest BCUT2D eigenvalue weighted by Gasteiger charge is -2.35. The van der Waals surface area contributed by atoms with Crippen LogP contribution in [0.25, 0.3) is 10.7 Å². The Morgan fingerprint density at radius 1 is 1.32 bits per heavy atom. The second kappa shape index (κ2) is 9.45. The molecule has 2 fully saturated rings. The SMILES string of the molecule is Cl.Cl.O=C(C1CC(F)(F)CN1)N1CCN(Cc2nc(-c3cccs3)no2)CC1. The number of hydrogen-bond donors (Lipinski definition) is 1. The van der Waals surface area contributed by atoms with E-state index in [1.807, 2.05) is 17.5 Å². The van der Waals surface area contributed by atoms with Crippen molar-refractivity contribution in [1.82, 2.24) is 25.3 Å². The molecule has 2 aliphatic rings. The van der Waals surface area contributed by atoms with Crippen molar-refractivity contribution in [3.63, 3.8) is 0 Å². The average molecular weight is 456 g/mol. The molecule has 1 amide bonds. The Balaban J connectivity index is 0.00000140. The van der Waals surface area contributed by atoms with Gasteiger partial charge in [0.05, 0.1) is 24.0 Å². The highest BCUT2D eigenvalue weighted by Crippen LogP contribution is 2.26. The van der Waals surface area contributed by atoms with E-state index in [1.54, 1.807) is 16.2 Å². The maximum atomic E-state index is 13.3. The number of aromatic nitrogens is 2. The zero-order chi connectivity index (χ0) is 18.1. The molecule has 28 heavy (non-hydrogen) atoms. The molecule has 2 aromatic heterocycles. The van der Waals surface area contributed by atoms with Gasteiger partial charge >= 0.3 is 0 Å². The molecule has 4 rings (SSSR count). The minimum Gasteiger partial charge on any atom is -0.339 e. The van der Waals surface area contributed by atoms with Crippen LogP contribution in [0.1, 0.15) is 12.3 Å². The van der Waals surface area contributed by atoms with E-state index in [0.29, 0.717) is 44.4 Å². The lowest BCUT2D eigenvalue weighted by Crippen LogP contribution is -2.52. The van der Waals surface area contributed by atoms with Crippen molar-refractivity contribution >= 4 is 42.1 Å². The molecule has 0 saturated carbocycles. The molecule has 2 saturated heterocycles. The maximum absolute atomic E-state index is 13.3. The molecule has 12 heteroatoms. The molecule has 7 nitrogen and oxygen atoms in total. The van der Waals surface area contributed by atoms with E-state index in [2.05, 4.69) is 20.4 Å². The summed E-state index contributed by atoms with van der Waals surface area (Å²) >= 11 is 1.55. The van der Waals surface area contributed by atoms with Crippen LogP contribution in [0.4, 0.5) is 8.78 Å². The van der Waals surface area contributed by atoms with E-state index in [0.717, 1.165) is 4.88 Å². The van der Waals surface area contributed by atoms with E-state index in [1.165, 1.54) is 0 Å². The summed E-state index contributed by atoms with van der Waals surface area (Å²) < 4.78 is 31.8. The largest absolute Gasteiger partial charge is 0.339 e. The van der Waals surface area contributed by atoms with Gasteiger partial charge in [-0.15, -0.1) is 36.2 Å². The topological polar surface area (TPSA) is 74.5 Å². The van der Waals surface area contributed by atoms with Crippen molar-refractivity contribution in [2.24, 2.45) is 0 Å². The number of halogens is 4. The number of piperazine rings is 1. The van der Waals surface area contributed by atoms with Crippen molar-refractivity contribution in [1.29, 1.82) is 0 Å². The summed E-state index contributed by atoms with van der Waals surface area (Å²) in [7, 11) is 0. The summed E-state index contributed by atoms with van der Waals surface area (Å²) in [6, 6.07) is 3.09. The first kappa shape index (κ1) is 23.0. The lowest BCUT2D eigenvalue weighted by molar-refractivity contribution is -0.135. The number of nitrogens with one attached hydrogen (secondary N) is 1. The van der Waals surface area contributed by atoms with Crippen LogP contribution in [-0.4, -0.2) is 70.5 Å². The van der Waals surface area contributed by atoms with Crippen LogP contribution in [0.15, 0.2) is 22.0 Å². The molecule has 2 aliphatic heterocycles. The predicted octanol–water partition coefficient (Wildman–Crippen LogP) is 2.28. The Kier molecular flexibility index (Phi) is 7.74. The van der Waals surface area contributed by atoms with E-state index < -0.39 is 24.9 Å². The van der Waals surface area contributed by atoms with Gasteiger partial charge in [0.1, 0.15) is 0 Å². The molecule has 0 aromatic carbocycles. The molecule has 156 valence electrons. The molecule has 0 bridgehead atoms. The number of alkyl halides is 2. The third-order valence-corrected chi connectivity index (χ3v) is 5.53. The van der Waals surface area contributed by atoms with E-state index >= 15 is 0 Å². The summed E-state index contributed by atoms with van der Waals surface area (Å²) in [5, 5.41) is 8.57. The van der Waals surface area contributed by atoms with Crippen LogP contribution in [-0.2, 0) is 11.3 Å². The molecule has 1 unspecified atom stereocenters. The van der Waals surface area contributed by atoms with Gasteiger partial charge < -0.3 is 9.42 Å². The van der Waals surface area contributed by atoms with Crippen molar-refractivity contribution in [2.75, 3.05) is 32.7 Å². The molecular weight excluding hydrogens is 435 g/mol. The second-order valence-corrected chi connectivity index (χ2v) is 7.53. The van der Waals surface area contributed by atoms with Gasteiger partial charge in [-0.25, -0.2) is 8.78 Å². The Hall–Kier alpha value is -1.33. The Bertz CT molecular complexity index is 769. The highest BCUT2D eigenvalue weighted by Gasteiger charge is 2.43. The summed E-state index contributed by atoms with van der Waals surface area (Å²) in [5.74, 6) is -1.91. The lowest BCUT2D eigenvalue weighted by atomic mass is 10.1. The molecule has 4 heterocycles. The zero-order valence-electron chi connectivity index (χ0n) is 14.8. The van der Waals surface area contributed by atoms with Crippen molar-refractivity contribution in [3.05, 3.63) is 23.4 Å². The van der Waals surface area contributed by atoms with Crippen molar-refractivity contribution in [3.8, 4) is 10.7 Å². The zero-order valence-corrected chi connectivity index (χ0v) is 17.3. The first-order valence-electron chi connectivity index (χ1n) is 8.49. The van der Waals surface area contributed by atoms with Gasteiger partial charge in [0.25, 0.3) is 5.92 Å². The number of carbonyl (C=O) groups excluding carboxylic acids is 1. The molecular formula is C16H21Cl2F2N5O2S. The van der Waals surface area contributed by atoms with E-state index in [9.17, 15) is 13.6 Å². The molecule has 1 atom stereocenters. The molecule has 0 radical (unpaired) electrons. The average Bonchev–Trinajstić information content (AvgIpc) is 3.35. The fourth-order valence-electron chi connectivity index (χ4n) is 3.25. The number of nitrogens with zero attached hydrogens (tertiary/aromatic N) is 4. The minimum absolute atomic E-state index is 0. The van der Waals surface area contributed by atoms with Crippen molar-refractivity contribution in [2.45, 2.75) is 24.9 Å². The van der Waals surface area contributed by atoms with Crippen LogP contribution in [0.3, 0.4) is 0 Å². The van der Waals surface area contributed by atoms with Gasteiger partial charge in [-0.05, 0) is 11.4 Å². The predicted molar refractivity (Wildman–Crippen MR) is 105 cm³/mol. The third-order valence-electron chi connectivity index (χ3n) is 4.66. The highest BCUT2D eigenvalue weighted by molar-refractivity contribution is 7.13. The van der Waals surface area contributed by atoms with Gasteiger partial charge in [0.15, 0.2) is 0 Å². The highest BCUT2D eigenvalue weighted by atomic mass is 35.5. The van der Waals surface area contributed by atoms with Gasteiger partial charge in [0, 0.05) is 32.6 Å². The number of hydrogen-bond acceptors (Lipinski definition) is 7. The fraction of sp³-hybridized carbons (Fsp3) is 0.562. The fourth-order valence-corrected chi connectivity index (χ4v) is 3.90. The standard InChI is InChI=1S/C16H19F2N5O2S.2ClH/c17-16(18)8-11(19-10-16)15(24)23-5-3-22(4-6-23)9-13-20-14(21-25-13)12-2-1-7-26-12;;/h1-2,7,11,19H,3-6,8-10H2;2*1H. The quantitative estimate of drug-likeness (QED) is 0.761. The molecule has 1 N–H and O–H groups in total. The Labute approximate surface area is 177 Å². The second-order valence-electron chi connectivity index (χ2n) is 6.58. The third kappa shape index (κ3) is 5.18. The summed E-state index contributed by atoms with van der Waals surface area (Å²) in [6.07, 6.45) is -0.417. The van der Waals surface area contributed by atoms with Gasteiger partial charge in [-0.1, -0.05) is 11.2 Å². The smallest absolute Gasteiger partial charge is 0.262 e. The van der Waals surface area contributed by atoms with Crippen LogP contribution < -0.4 is 5.32 Å². The van der Waals surface area contributed by atoms with E-state index in [-0.39, 0.29) is 30.7 Å². The Morgan fingerprint density at radius 2 is 2.07 bits per heavy atom. The van der Waals surface area contributed by atoms with Crippen LogP contribution in [0, 0.1) is 0 Å².